The molecule has 178 valence electrons. The second kappa shape index (κ2) is 8.85. The van der Waals surface area contributed by atoms with Crippen LogP contribution < -0.4 is 10.9 Å². The highest BCUT2D eigenvalue weighted by molar-refractivity contribution is 7.99. The number of allylic oxidation sites excluding steroid dienone is 1. The summed E-state index contributed by atoms with van der Waals surface area (Å²) in [6, 6.07) is 17.4. The summed E-state index contributed by atoms with van der Waals surface area (Å²) in [6.07, 6.45) is 0.751. The van der Waals surface area contributed by atoms with Crippen molar-refractivity contribution in [2.45, 2.75) is 44.3 Å². The van der Waals surface area contributed by atoms with E-state index in [1.165, 1.54) is 17.3 Å². The normalized spacial score (nSPS) is 13.8. The molecule has 2 heterocycles. The van der Waals surface area contributed by atoms with Gasteiger partial charge in [0, 0.05) is 16.7 Å². The first-order valence-electron chi connectivity index (χ1n) is 11.5. The number of carbonyl (C=O) groups is 1. The average Bonchev–Trinajstić information content (AvgIpc) is 3.15. The summed E-state index contributed by atoms with van der Waals surface area (Å²) in [7, 11) is 0. The molecule has 8 heteroatoms. The van der Waals surface area contributed by atoms with Gasteiger partial charge in [0.2, 0.25) is 11.7 Å². The van der Waals surface area contributed by atoms with Crippen LogP contribution in [0.1, 0.15) is 31.9 Å². The maximum Gasteiger partial charge on any atom is 0.265 e. The fraction of sp³-hybridized carbons (Fsp3) is 0.259. The standard InChI is InChI=1S/C27H27N5O2S/c1-17(2)15-31-25-29-23-20-13-9-8-10-18(20)14-27(3,4)22(23)24(34)32(25)26(30-31)35-16-21(33)28-19-11-6-5-7-12-19/h5-13H,1,14-16H2,2-4H3,(H,28,33). The van der Waals surface area contributed by atoms with E-state index in [1.807, 2.05) is 55.5 Å². The Kier molecular flexibility index (Phi) is 5.84. The van der Waals surface area contributed by atoms with Gasteiger partial charge in [0.25, 0.3) is 5.56 Å². The predicted molar refractivity (Wildman–Crippen MR) is 140 cm³/mol. The number of nitrogens with one attached hydrogen (secondary N) is 1. The topological polar surface area (TPSA) is 81.3 Å². The number of para-hydroxylation sites is 1. The molecule has 0 bridgehead atoms. The summed E-state index contributed by atoms with van der Waals surface area (Å²) in [6.45, 7) is 10.5. The molecule has 7 nitrogen and oxygen atoms in total. The first kappa shape index (κ1) is 23.1. The number of nitrogens with zero attached hydrogens (tertiary/aromatic N) is 4. The molecule has 1 aliphatic rings. The molecule has 0 atom stereocenters. The molecule has 0 unspecified atom stereocenters. The molecule has 1 amide bonds. The number of thioether (sulfide) groups is 1. The van der Waals surface area contributed by atoms with Gasteiger partial charge in [0.05, 0.1) is 23.6 Å². The van der Waals surface area contributed by atoms with Crippen LogP contribution in [-0.2, 0) is 23.2 Å². The van der Waals surface area contributed by atoms with Crippen molar-refractivity contribution in [3.8, 4) is 11.3 Å². The third-order valence-electron chi connectivity index (χ3n) is 6.09. The van der Waals surface area contributed by atoms with E-state index in [4.69, 9.17) is 4.98 Å². The van der Waals surface area contributed by atoms with E-state index in [0.29, 0.717) is 28.7 Å². The first-order valence-corrected chi connectivity index (χ1v) is 12.5. The summed E-state index contributed by atoms with van der Waals surface area (Å²) >= 11 is 1.23. The molecule has 0 saturated carbocycles. The zero-order chi connectivity index (χ0) is 24.7. The zero-order valence-electron chi connectivity index (χ0n) is 20.0. The highest BCUT2D eigenvalue weighted by Gasteiger charge is 2.36. The van der Waals surface area contributed by atoms with Gasteiger partial charge in [-0.25, -0.2) is 14.1 Å². The molecule has 35 heavy (non-hydrogen) atoms. The lowest BCUT2D eigenvalue weighted by Crippen LogP contribution is -2.36. The van der Waals surface area contributed by atoms with Crippen molar-refractivity contribution < 1.29 is 4.79 Å². The van der Waals surface area contributed by atoms with Crippen LogP contribution in [0.4, 0.5) is 5.69 Å². The maximum absolute atomic E-state index is 14.0. The monoisotopic (exact) mass is 485 g/mol. The smallest absolute Gasteiger partial charge is 0.265 e. The van der Waals surface area contributed by atoms with Crippen molar-refractivity contribution in [2.24, 2.45) is 0 Å². The number of amides is 1. The molecule has 5 rings (SSSR count). The van der Waals surface area contributed by atoms with E-state index in [9.17, 15) is 9.59 Å². The minimum absolute atomic E-state index is 0.115. The molecule has 0 radical (unpaired) electrons. The Morgan fingerprint density at radius 1 is 1.14 bits per heavy atom. The SMILES string of the molecule is C=C(C)Cn1nc(SCC(=O)Nc2ccccc2)n2c(=O)c3c(nc12)-c1ccccc1CC3(C)C. The lowest BCUT2D eigenvalue weighted by atomic mass is 9.72. The fourth-order valence-electron chi connectivity index (χ4n) is 4.63. The lowest BCUT2D eigenvalue weighted by molar-refractivity contribution is -0.113. The van der Waals surface area contributed by atoms with Crippen LogP contribution in [-0.4, -0.2) is 30.8 Å². The highest BCUT2D eigenvalue weighted by Crippen LogP contribution is 2.40. The van der Waals surface area contributed by atoms with Gasteiger partial charge in [-0.05, 0) is 31.0 Å². The minimum Gasteiger partial charge on any atom is -0.325 e. The molecule has 0 fully saturated rings. The Morgan fingerprint density at radius 3 is 2.60 bits per heavy atom. The van der Waals surface area contributed by atoms with Crippen LogP contribution in [0.3, 0.4) is 0 Å². The number of fused-ring (bicyclic) bond motifs is 4. The van der Waals surface area contributed by atoms with Gasteiger partial charge in [-0.2, -0.15) is 0 Å². The van der Waals surface area contributed by atoms with E-state index >= 15 is 0 Å². The third kappa shape index (κ3) is 4.30. The molecule has 1 aliphatic carbocycles. The Morgan fingerprint density at radius 2 is 1.86 bits per heavy atom. The quantitative estimate of drug-likeness (QED) is 0.316. The highest BCUT2D eigenvalue weighted by atomic mass is 32.2. The fourth-order valence-corrected chi connectivity index (χ4v) is 5.41. The molecular weight excluding hydrogens is 458 g/mol. The zero-order valence-corrected chi connectivity index (χ0v) is 20.9. The van der Waals surface area contributed by atoms with Crippen molar-refractivity contribution in [1.82, 2.24) is 19.2 Å². The van der Waals surface area contributed by atoms with Gasteiger partial charge < -0.3 is 5.32 Å². The Balaban J connectivity index is 1.60. The number of carbonyl (C=O) groups excluding carboxylic acids is 1. The summed E-state index contributed by atoms with van der Waals surface area (Å²) in [5.74, 6) is 0.399. The van der Waals surface area contributed by atoms with Crippen LogP contribution in [0.15, 0.2) is 76.7 Å². The summed E-state index contributed by atoms with van der Waals surface area (Å²) in [4.78, 5) is 31.6. The molecule has 2 aromatic carbocycles. The van der Waals surface area contributed by atoms with Gasteiger partial charge in [-0.3, -0.25) is 9.59 Å². The van der Waals surface area contributed by atoms with Gasteiger partial charge in [0.15, 0.2) is 5.16 Å². The van der Waals surface area contributed by atoms with Crippen LogP contribution in [0.25, 0.3) is 17.0 Å². The van der Waals surface area contributed by atoms with Crippen molar-refractivity contribution in [3.63, 3.8) is 0 Å². The summed E-state index contributed by atoms with van der Waals surface area (Å²) < 4.78 is 3.25. The maximum atomic E-state index is 14.0. The number of anilines is 1. The van der Waals surface area contributed by atoms with Crippen LogP contribution in [0, 0.1) is 0 Å². The van der Waals surface area contributed by atoms with Crippen LogP contribution >= 0.6 is 11.8 Å². The number of aromatic nitrogens is 4. The number of rotatable bonds is 6. The van der Waals surface area contributed by atoms with E-state index < -0.39 is 5.41 Å². The second-order valence-corrected chi connectivity index (χ2v) is 10.5. The van der Waals surface area contributed by atoms with E-state index in [-0.39, 0.29) is 17.2 Å². The average molecular weight is 486 g/mol. The minimum atomic E-state index is -0.391. The first-order chi connectivity index (χ1) is 16.7. The number of hydrogen-bond acceptors (Lipinski definition) is 5. The van der Waals surface area contributed by atoms with Crippen molar-refractivity contribution in [3.05, 3.63) is 88.2 Å². The van der Waals surface area contributed by atoms with Gasteiger partial charge in [-0.15, -0.1) is 5.10 Å². The van der Waals surface area contributed by atoms with Crippen LogP contribution in [0.5, 0.6) is 0 Å². The molecule has 4 aromatic rings. The lowest BCUT2D eigenvalue weighted by Gasteiger charge is -2.32. The van der Waals surface area contributed by atoms with Crippen molar-refractivity contribution in [2.75, 3.05) is 11.1 Å². The molecule has 0 saturated heterocycles. The Hall–Kier alpha value is -3.65. The second-order valence-electron chi connectivity index (χ2n) is 9.59. The van der Waals surface area contributed by atoms with E-state index in [2.05, 4.69) is 36.9 Å². The van der Waals surface area contributed by atoms with E-state index in [0.717, 1.165) is 23.2 Å². The van der Waals surface area contributed by atoms with Crippen LogP contribution in [0.2, 0.25) is 0 Å². The molecule has 1 N–H and O–H groups in total. The largest absolute Gasteiger partial charge is 0.325 e. The summed E-state index contributed by atoms with van der Waals surface area (Å²) in [5, 5.41) is 8.00. The van der Waals surface area contributed by atoms with Crippen molar-refractivity contribution in [1.29, 1.82) is 0 Å². The molecule has 2 aromatic heterocycles. The third-order valence-corrected chi connectivity index (χ3v) is 7.01. The van der Waals surface area contributed by atoms with E-state index in [1.54, 1.807) is 9.08 Å². The van der Waals surface area contributed by atoms with Gasteiger partial charge in [0.1, 0.15) is 0 Å². The molecule has 0 aliphatic heterocycles. The number of hydrogen-bond donors (Lipinski definition) is 1. The summed E-state index contributed by atoms with van der Waals surface area (Å²) in [5.41, 5.74) is 4.65. The number of benzene rings is 2. The Labute approximate surface area is 207 Å². The van der Waals surface area contributed by atoms with Crippen molar-refractivity contribution >= 4 is 29.1 Å². The molecule has 0 spiro atoms. The predicted octanol–water partition coefficient (Wildman–Crippen LogP) is 4.70. The molecular formula is C27H27N5O2S. The van der Waals surface area contributed by atoms with Gasteiger partial charge in [-0.1, -0.05) is 80.2 Å². The Bertz CT molecular complexity index is 1520. The van der Waals surface area contributed by atoms with Gasteiger partial charge >= 0.3 is 0 Å².